The first-order valence-corrected chi connectivity index (χ1v) is 28.7. The average molecular weight is 949 g/mol. The van der Waals surface area contributed by atoms with Crippen molar-refractivity contribution >= 4 is 5.91 Å². The molecule has 0 spiro atoms. The van der Waals surface area contributed by atoms with Gasteiger partial charge in [-0.25, -0.2) is 0 Å². The average Bonchev–Trinajstić information content (AvgIpc) is 3.33. The zero-order chi connectivity index (χ0) is 48.7. The van der Waals surface area contributed by atoms with Crippen LogP contribution in [-0.4, -0.2) is 87.5 Å². The molecule has 6 N–H and O–H groups in total. The van der Waals surface area contributed by atoms with E-state index in [-0.39, 0.29) is 12.5 Å². The molecule has 0 aromatic rings. The van der Waals surface area contributed by atoms with Crippen LogP contribution in [0.1, 0.15) is 271 Å². The number of unbranched alkanes of at least 4 members (excludes halogenated alkanes) is 33. The van der Waals surface area contributed by atoms with Gasteiger partial charge in [0, 0.05) is 6.42 Å². The number of hydrogen-bond donors (Lipinski definition) is 6. The van der Waals surface area contributed by atoms with Crippen LogP contribution in [0.4, 0.5) is 0 Å². The minimum Gasteiger partial charge on any atom is -0.394 e. The molecule has 9 heteroatoms. The zero-order valence-corrected chi connectivity index (χ0v) is 43.7. The summed E-state index contributed by atoms with van der Waals surface area (Å²) in [7, 11) is 0. The Bertz CT molecular complexity index is 1150. The number of aliphatic hydroxyl groups is 5. The lowest BCUT2D eigenvalue weighted by atomic mass is 9.99. The van der Waals surface area contributed by atoms with Crippen LogP contribution in [0.15, 0.2) is 36.5 Å². The fourth-order valence-corrected chi connectivity index (χ4v) is 9.17. The lowest BCUT2D eigenvalue weighted by molar-refractivity contribution is -0.302. The molecule has 1 amide bonds. The Kier molecular flexibility index (Phi) is 45.5. The van der Waals surface area contributed by atoms with Gasteiger partial charge < -0.3 is 40.3 Å². The smallest absolute Gasteiger partial charge is 0.220 e. The Morgan fingerprint density at radius 3 is 1.30 bits per heavy atom. The summed E-state index contributed by atoms with van der Waals surface area (Å²) in [4.78, 5) is 13.0. The summed E-state index contributed by atoms with van der Waals surface area (Å²) < 4.78 is 11.2. The summed E-state index contributed by atoms with van der Waals surface area (Å²) in [6.45, 7) is 3.78. The summed E-state index contributed by atoms with van der Waals surface area (Å²) in [5.41, 5.74) is 0. The van der Waals surface area contributed by atoms with Gasteiger partial charge in [0.15, 0.2) is 6.29 Å². The highest BCUT2D eigenvalue weighted by Crippen LogP contribution is 2.23. The molecule has 0 radical (unpaired) electrons. The van der Waals surface area contributed by atoms with Gasteiger partial charge in [-0.2, -0.15) is 0 Å². The number of carbonyl (C=O) groups is 1. The summed E-state index contributed by atoms with van der Waals surface area (Å²) in [5.74, 6) is -0.145. The van der Waals surface area contributed by atoms with E-state index in [4.69, 9.17) is 9.47 Å². The van der Waals surface area contributed by atoms with Crippen molar-refractivity contribution in [3.05, 3.63) is 36.5 Å². The molecule has 7 atom stereocenters. The summed E-state index contributed by atoms with van der Waals surface area (Å²) in [6, 6.07) is -0.713. The highest BCUT2D eigenvalue weighted by molar-refractivity contribution is 5.76. The Hall–Kier alpha value is -1.59. The molecule has 0 aromatic heterocycles. The third-order valence-corrected chi connectivity index (χ3v) is 13.7. The van der Waals surface area contributed by atoms with E-state index in [1.165, 1.54) is 193 Å². The number of hydrogen-bond acceptors (Lipinski definition) is 8. The Balaban J connectivity index is 1.98. The maximum Gasteiger partial charge on any atom is 0.220 e. The zero-order valence-electron chi connectivity index (χ0n) is 43.7. The molecule has 1 saturated heterocycles. The second-order valence-corrected chi connectivity index (χ2v) is 20.1. The van der Waals surface area contributed by atoms with E-state index < -0.39 is 49.5 Å². The summed E-state index contributed by atoms with van der Waals surface area (Å²) in [5, 5.41) is 54.2. The lowest BCUT2D eigenvalue weighted by Crippen LogP contribution is -2.60. The largest absolute Gasteiger partial charge is 0.394 e. The van der Waals surface area contributed by atoms with Gasteiger partial charge >= 0.3 is 0 Å². The van der Waals surface area contributed by atoms with Crippen molar-refractivity contribution in [1.82, 2.24) is 5.32 Å². The molecular weight excluding hydrogens is 839 g/mol. The number of nitrogens with one attached hydrogen (secondary N) is 1. The Morgan fingerprint density at radius 1 is 0.507 bits per heavy atom. The maximum absolute atomic E-state index is 13.0. The van der Waals surface area contributed by atoms with Gasteiger partial charge in [0.1, 0.15) is 24.4 Å². The quantitative estimate of drug-likeness (QED) is 0.0261. The number of aliphatic hydroxyl groups excluding tert-OH is 5. The number of allylic oxidation sites excluding steroid dienone is 6. The fraction of sp³-hybridized carbons (Fsp3) is 0.879. The molecule has 0 saturated carbocycles. The molecule has 0 aliphatic carbocycles. The van der Waals surface area contributed by atoms with Crippen LogP contribution in [0.3, 0.4) is 0 Å². The second kappa shape index (κ2) is 48.1. The van der Waals surface area contributed by atoms with Crippen molar-refractivity contribution in [3.8, 4) is 0 Å². The third kappa shape index (κ3) is 37.9. The lowest BCUT2D eigenvalue weighted by Gasteiger charge is -2.40. The van der Waals surface area contributed by atoms with Crippen LogP contribution in [0.5, 0.6) is 0 Å². The molecule has 9 nitrogen and oxygen atoms in total. The molecular formula is C58H109NO8. The molecule has 1 heterocycles. The van der Waals surface area contributed by atoms with Gasteiger partial charge in [-0.05, 0) is 51.4 Å². The fourth-order valence-electron chi connectivity index (χ4n) is 9.17. The Morgan fingerprint density at radius 2 is 0.881 bits per heavy atom. The molecule has 1 fully saturated rings. The van der Waals surface area contributed by atoms with E-state index in [1.807, 2.05) is 0 Å². The number of rotatable bonds is 49. The van der Waals surface area contributed by atoms with Crippen molar-refractivity contribution < 1.29 is 39.8 Å². The van der Waals surface area contributed by atoms with Gasteiger partial charge in [-0.15, -0.1) is 0 Å². The van der Waals surface area contributed by atoms with Crippen molar-refractivity contribution in [2.75, 3.05) is 13.2 Å². The van der Waals surface area contributed by atoms with Crippen LogP contribution in [-0.2, 0) is 14.3 Å². The highest BCUT2D eigenvalue weighted by atomic mass is 16.7. The number of amides is 1. The van der Waals surface area contributed by atoms with Gasteiger partial charge in [-0.1, -0.05) is 249 Å². The van der Waals surface area contributed by atoms with Gasteiger partial charge in [0.05, 0.1) is 25.4 Å². The molecule has 0 bridgehead atoms. The first-order chi connectivity index (χ1) is 32.8. The molecule has 1 rings (SSSR count). The summed E-state index contributed by atoms with van der Waals surface area (Å²) in [6.07, 6.45) is 55.2. The Labute approximate surface area is 412 Å². The van der Waals surface area contributed by atoms with Crippen molar-refractivity contribution in [2.45, 2.75) is 314 Å². The third-order valence-electron chi connectivity index (χ3n) is 13.7. The van der Waals surface area contributed by atoms with Gasteiger partial charge in [0.25, 0.3) is 0 Å². The van der Waals surface area contributed by atoms with E-state index in [1.54, 1.807) is 0 Å². The molecule has 1 aliphatic rings. The molecule has 67 heavy (non-hydrogen) atoms. The van der Waals surface area contributed by atoms with Crippen LogP contribution in [0, 0.1) is 0 Å². The molecule has 394 valence electrons. The molecule has 1 aliphatic heterocycles. The van der Waals surface area contributed by atoms with Crippen molar-refractivity contribution in [2.24, 2.45) is 0 Å². The van der Waals surface area contributed by atoms with Gasteiger partial charge in [-0.3, -0.25) is 4.79 Å². The van der Waals surface area contributed by atoms with Crippen molar-refractivity contribution in [1.29, 1.82) is 0 Å². The van der Waals surface area contributed by atoms with Crippen LogP contribution < -0.4 is 5.32 Å². The number of carbonyl (C=O) groups excluding carboxylic acids is 1. The highest BCUT2D eigenvalue weighted by Gasteiger charge is 2.44. The monoisotopic (exact) mass is 948 g/mol. The van der Waals surface area contributed by atoms with Crippen LogP contribution >= 0.6 is 0 Å². The molecule has 0 aromatic carbocycles. The summed E-state index contributed by atoms with van der Waals surface area (Å²) >= 11 is 0. The van der Waals surface area contributed by atoms with Crippen LogP contribution in [0.25, 0.3) is 0 Å². The number of ether oxygens (including phenoxy) is 2. The predicted molar refractivity (Wildman–Crippen MR) is 281 cm³/mol. The minimum absolute atomic E-state index is 0.136. The maximum atomic E-state index is 13.0. The first kappa shape index (κ1) is 63.4. The topological polar surface area (TPSA) is 149 Å². The van der Waals surface area contributed by atoms with Gasteiger partial charge in [0.2, 0.25) is 5.91 Å². The van der Waals surface area contributed by atoms with E-state index >= 15 is 0 Å². The van der Waals surface area contributed by atoms with E-state index in [0.29, 0.717) is 12.8 Å². The van der Waals surface area contributed by atoms with E-state index in [9.17, 15) is 30.3 Å². The standard InChI is InChI=1S/C58H109NO8/c1-3-5-7-9-11-12-13-14-15-16-17-18-19-20-21-22-23-24-25-26-27-28-29-30-31-32-33-34-35-36-37-38-39-40-42-44-46-48-54(62)59-51(52(61)47-45-43-41-10-8-6-4-2)50-66-58-57(65)56(64)55(63)53(49-60)67-58/h13-14,16-17,19-20,51-53,55-58,60-61,63-65H,3-12,15,18,21-50H2,1-2H3,(H,59,62)/b14-13-,17-16-,20-19-. The molecule has 7 unspecified atom stereocenters. The minimum atomic E-state index is -1.55. The first-order valence-electron chi connectivity index (χ1n) is 28.7. The van der Waals surface area contributed by atoms with Crippen LogP contribution in [0.2, 0.25) is 0 Å². The van der Waals surface area contributed by atoms with E-state index in [2.05, 4.69) is 55.6 Å². The second-order valence-electron chi connectivity index (χ2n) is 20.1. The normalized spacial score (nSPS) is 19.9. The van der Waals surface area contributed by atoms with E-state index in [0.717, 1.165) is 51.4 Å². The SMILES string of the molecule is CCCCCCC/C=C\C/C=C\C/C=C\CCCCCCCCCCCCCCCCCCCCCCCCC(=O)NC(COC1OC(CO)C(O)C(O)C1O)C(O)CCCCCCCCC. The van der Waals surface area contributed by atoms with Crippen molar-refractivity contribution in [3.63, 3.8) is 0 Å². The predicted octanol–water partition coefficient (Wildman–Crippen LogP) is 14.0.